The molecule has 98 valence electrons. The van der Waals surface area contributed by atoms with E-state index in [0.717, 1.165) is 21.7 Å². The van der Waals surface area contributed by atoms with Gasteiger partial charge in [0.25, 0.3) is 0 Å². The quantitative estimate of drug-likeness (QED) is 0.917. The molecule has 18 heavy (non-hydrogen) atoms. The Labute approximate surface area is 119 Å². The fourth-order valence-corrected chi connectivity index (χ4v) is 2.96. The molecule has 0 bridgehead atoms. The van der Waals surface area contributed by atoms with Crippen molar-refractivity contribution in [3.8, 4) is 0 Å². The molecule has 0 aromatic carbocycles. The van der Waals surface area contributed by atoms with Crippen LogP contribution in [-0.2, 0) is 13.0 Å². The summed E-state index contributed by atoms with van der Waals surface area (Å²) in [5, 5.41) is 16.3. The Bertz CT molecular complexity index is 509. The Morgan fingerprint density at radius 1 is 1.50 bits per heavy atom. The molecule has 0 spiro atoms. The van der Waals surface area contributed by atoms with Gasteiger partial charge in [0.1, 0.15) is 12.2 Å². The molecule has 1 unspecified atom stereocenters. The standard InChI is InChI=1S/C12H16BrN3OS/c1-8(2)5-16-12(14-7-15-16)4-10(17)9-3-11(13)18-6-9/h3,6-8,10,17H,4-5H2,1-2H3. The van der Waals surface area contributed by atoms with Crippen molar-refractivity contribution in [2.75, 3.05) is 0 Å². The monoisotopic (exact) mass is 329 g/mol. The van der Waals surface area contributed by atoms with Crippen molar-refractivity contribution in [1.29, 1.82) is 0 Å². The molecule has 6 heteroatoms. The first kappa shape index (κ1) is 13.7. The minimum Gasteiger partial charge on any atom is -0.388 e. The first-order valence-electron chi connectivity index (χ1n) is 5.85. The highest BCUT2D eigenvalue weighted by molar-refractivity contribution is 9.11. The minimum absolute atomic E-state index is 0.496. The third-order valence-electron chi connectivity index (χ3n) is 2.58. The lowest BCUT2D eigenvalue weighted by atomic mass is 10.1. The van der Waals surface area contributed by atoms with Crippen molar-refractivity contribution in [3.05, 3.63) is 32.9 Å². The zero-order valence-corrected chi connectivity index (χ0v) is 12.8. The summed E-state index contributed by atoms with van der Waals surface area (Å²) in [6.45, 7) is 5.10. The van der Waals surface area contributed by atoms with Crippen LogP contribution in [0.5, 0.6) is 0 Å². The third kappa shape index (κ3) is 3.40. The number of hydrogen-bond donors (Lipinski definition) is 1. The minimum atomic E-state index is -0.525. The van der Waals surface area contributed by atoms with E-state index in [1.807, 2.05) is 16.1 Å². The van der Waals surface area contributed by atoms with Gasteiger partial charge in [-0.25, -0.2) is 9.67 Å². The highest BCUT2D eigenvalue weighted by Gasteiger charge is 2.15. The molecule has 0 fully saturated rings. The molecular weight excluding hydrogens is 314 g/mol. The van der Waals surface area contributed by atoms with Gasteiger partial charge in [-0.2, -0.15) is 5.10 Å². The van der Waals surface area contributed by atoms with E-state index in [4.69, 9.17) is 0 Å². The summed E-state index contributed by atoms with van der Waals surface area (Å²) >= 11 is 4.97. The average molecular weight is 330 g/mol. The zero-order valence-electron chi connectivity index (χ0n) is 10.4. The highest BCUT2D eigenvalue weighted by atomic mass is 79.9. The van der Waals surface area contributed by atoms with Crippen LogP contribution in [0.15, 0.2) is 21.6 Å². The van der Waals surface area contributed by atoms with E-state index in [2.05, 4.69) is 39.9 Å². The van der Waals surface area contributed by atoms with Crippen LogP contribution >= 0.6 is 27.3 Å². The maximum absolute atomic E-state index is 10.2. The molecule has 2 rings (SSSR count). The van der Waals surface area contributed by atoms with Gasteiger partial charge >= 0.3 is 0 Å². The van der Waals surface area contributed by atoms with E-state index in [-0.39, 0.29) is 0 Å². The normalized spacial score (nSPS) is 13.2. The summed E-state index contributed by atoms with van der Waals surface area (Å²) < 4.78 is 2.90. The lowest BCUT2D eigenvalue weighted by molar-refractivity contribution is 0.174. The van der Waals surface area contributed by atoms with Gasteiger partial charge in [0.2, 0.25) is 0 Å². The van der Waals surface area contributed by atoms with Gasteiger partial charge in [0.15, 0.2) is 0 Å². The van der Waals surface area contributed by atoms with Gasteiger partial charge in [-0.1, -0.05) is 13.8 Å². The molecule has 2 aromatic heterocycles. The van der Waals surface area contributed by atoms with Crippen LogP contribution < -0.4 is 0 Å². The molecule has 0 radical (unpaired) electrons. The summed E-state index contributed by atoms with van der Waals surface area (Å²) in [4.78, 5) is 4.23. The van der Waals surface area contributed by atoms with Crippen LogP contribution in [0.4, 0.5) is 0 Å². The molecular formula is C12H16BrN3OS. The van der Waals surface area contributed by atoms with Crippen molar-refractivity contribution in [2.24, 2.45) is 5.92 Å². The van der Waals surface area contributed by atoms with Gasteiger partial charge in [0, 0.05) is 13.0 Å². The van der Waals surface area contributed by atoms with Crippen LogP contribution in [0, 0.1) is 5.92 Å². The fraction of sp³-hybridized carbons (Fsp3) is 0.500. The van der Waals surface area contributed by atoms with Crippen LogP contribution in [-0.4, -0.2) is 19.9 Å². The average Bonchev–Trinajstić information content (AvgIpc) is 2.88. The Kier molecular flexibility index (Phi) is 4.53. The number of nitrogens with zero attached hydrogens (tertiary/aromatic N) is 3. The van der Waals surface area contributed by atoms with Crippen molar-refractivity contribution in [1.82, 2.24) is 14.8 Å². The maximum Gasteiger partial charge on any atom is 0.138 e. The molecule has 2 aromatic rings. The SMILES string of the molecule is CC(C)Cn1ncnc1CC(O)c1csc(Br)c1. The molecule has 0 aliphatic rings. The maximum atomic E-state index is 10.2. The predicted octanol–water partition coefficient (Wildman–Crippen LogP) is 3.03. The second-order valence-corrected chi connectivity index (χ2v) is 6.95. The van der Waals surface area contributed by atoms with Gasteiger partial charge < -0.3 is 5.11 Å². The van der Waals surface area contributed by atoms with Crippen molar-refractivity contribution in [2.45, 2.75) is 32.9 Å². The van der Waals surface area contributed by atoms with Crippen LogP contribution in [0.3, 0.4) is 0 Å². The Morgan fingerprint density at radius 3 is 2.89 bits per heavy atom. The third-order valence-corrected chi connectivity index (χ3v) is 4.10. The fourth-order valence-electron chi connectivity index (χ4n) is 1.73. The summed E-state index contributed by atoms with van der Waals surface area (Å²) in [6, 6.07) is 1.94. The van der Waals surface area contributed by atoms with E-state index in [0.29, 0.717) is 12.3 Å². The predicted molar refractivity (Wildman–Crippen MR) is 75.5 cm³/mol. The smallest absolute Gasteiger partial charge is 0.138 e. The molecule has 0 saturated heterocycles. The van der Waals surface area contributed by atoms with E-state index in [9.17, 15) is 5.11 Å². The Hall–Kier alpha value is -0.720. The first-order valence-corrected chi connectivity index (χ1v) is 7.52. The van der Waals surface area contributed by atoms with Gasteiger partial charge in [-0.05, 0) is 38.9 Å². The number of aliphatic hydroxyl groups is 1. The van der Waals surface area contributed by atoms with Gasteiger partial charge in [0.05, 0.1) is 9.89 Å². The summed E-state index contributed by atoms with van der Waals surface area (Å²) in [5.41, 5.74) is 0.922. The molecule has 1 atom stereocenters. The van der Waals surface area contributed by atoms with Gasteiger partial charge in [-0.15, -0.1) is 11.3 Å². The molecule has 0 aliphatic heterocycles. The molecule has 0 saturated carbocycles. The number of rotatable bonds is 5. The lowest BCUT2D eigenvalue weighted by Crippen LogP contribution is -2.13. The van der Waals surface area contributed by atoms with Crippen molar-refractivity contribution in [3.63, 3.8) is 0 Å². The largest absolute Gasteiger partial charge is 0.388 e. The first-order chi connectivity index (χ1) is 8.56. The van der Waals surface area contributed by atoms with Gasteiger partial charge in [-0.3, -0.25) is 0 Å². The summed E-state index contributed by atoms with van der Waals surface area (Å²) in [6.07, 6.45) is 1.52. The summed E-state index contributed by atoms with van der Waals surface area (Å²) in [7, 11) is 0. The Balaban J connectivity index is 2.07. The van der Waals surface area contributed by atoms with E-state index >= 15 is 0 Å². The van der Waals surface area contributed by atoms with E-state index in [1.54, 1.807) is 17.7 Å². The van der Waals surface area contributed by atoms with E-state index < -0.39 is 6.10 Å². The summed E-state index contributed by atoms with van der Waals surface area (Å²) in [5.74, 6) is 1.34. The second kappa shape index (κ2) is 5.95. The number of thiophene rings is 1. The topological polar surface area (TPSA) is 50.9 Å². The Morgan fingerprint density at radius 2 is 2.28 bits per heavy atom. The van der Waals surface area contributed by atoms with E-state index in [1.165, 1.54) is 0 Å². The number of aromatic nitrogens is 3. The van der Waals surface area contributed by atoms with Crippen LogP contribution in [0.2, 0.25) is 0 Å². The molecule has 2 heterocycles. The number of aliphatic hydroxyl groups excluding tert-OH is 1. The second-order valence-electron chi connectivity index (χ2n) is 4.66. The number of halogens is 1. The van der Waals surface area contributed by atoms with Crippen molar-refractivity contribution >= 4 is 27.3 Å². The molecule has 0 aliphatic carbocycles. The number of hydrogen-bond acceptors (Lipinski definition) is 4. The van der Waals surface area contributed by atoms with Crippen LogP contribution in [0.1, 0.15) is 31.3 Å². The zero-order chi connectivity index (χ0) is 13.1. The van der Waals surface area contributed by atoms with Crippen molar-refractivity contribution < 1.29 is 5.11 Å². The molecule has 0 amide bonds. The highest BCUT2D eigenvalue weighted by Crippen LogP contribution is 2.26. The lowest BCUT2D eigenvalue weighted by Gasteiger charge is -2.11. The van der Waals surface area contributed by atoms with Crippen LogP contribution in [0.25, 0.3) is 0 Å². The molecule has 1 N–H and O–H groups in total. The molecule has 4 nitrogen and oxygen atoms in total.